The van der Waals surface area contributed by atoms with Crippen LogP contribution in [0.25, 0.3) is 11.1 Å². The first-order chi connectivity index (χ1) is 13.8. The molecule has 0 fully saturated rings. The van der Waals surface area contributed by atoms with Crippen LogP contribution in [0.4, 0.5) is 18.9 Å². The van der Waals surface area contributed by atoms with E-state index in [4.69, 9.17) is 5.21 Å². The van der Waals surface area contributed by atoms with Gasteiger partial charge in [-0.1, -0.05) is 38.9 Å². The standard InChI is InChI=1S/C24H29F3N2O/c1-22(2)9-10-23(3,4)20-13-18(24(25,26)27)16(12-19(20)22)17-11-15(14-28-30)7-8-21(17)29(5)6/h7-8,11-14,30H,9-10H2,1-6H3. The molecule has 0 radical (unpaired) electrons. The lowest BCUT2D eigenvalue weighted by Gasteiger charge is -2.42. The molecule has 0 spiro atoms. The second-order valence-electron chi connectivity index (χ2n) is 9.62. The zero-order valence-corrected chi connectivity index (χ0v) is 18.4. The molecule has 0 saturated carbocycles. The van der Waals surface area contributed by atoms with E-state index in [-0.39, 0.29) is 16.4 Å². The maximum absolute atomic E-state index is 14.2. The predicted octanol–water partition coefficient (Wildman–Crippen LogP) is 6.60. The van der Waals surface area contributed by atoms with Crippen molar-refractivity contribution in [3.8, 4) is 11.1 Å². The van der Waals surface area contributed by atoms with Gasteiger partial charge in [0, 0.05) is 25.3 Å². The molecule has 0 bridgehead atoms. The van der Waals surface area contributed by atoms with Crippen LogP contribution in [-0.4, -0.2) is 25.5 Å². The van der Waals surface area contributed by atoms with E-state index in [9.17, 15) is 13.2 Å². The number of rotatable bonds is 3. The largest absolute Gasteiger partial charge is 0.417 e. The molecule has 2 aromatic rings. The molecule has 3 rings (SSSR count). The third-order valence-corrected chi connectivity index (χ3v) is 6.30. The van der Waals surface area contributed by atoms with E-state index in [1.807, 2.05) is 13.8 Å². The quantitative estimate of drug-likeness (QED) is 0.346. The molecule has 6 heteroatoms. The van der Waals surface area contributed by atoms with Gasteiger partial charge >= 0.3 is 6.18 Å². The van der Waals surface area contributed by atoms with Gasteiger partial charge in [0.2, 0.25) is 0 Å². The van der Waals surface area contributed by atoms with Gasteiger partial charge in [-0.2, -0.15) is 13.2 Å². The van der Waals surface area contributed by atoms with Crippen LogP contribution in [0.1, 0.15) is 62.8 Å². The number of benzene rings is 2. The second kappa shape index (κ2) is 7.33. The molecule has 1 aliphatic carbocycles. The molecule has 0 saturated heterocycles. The van der Waals surface area contributed by atoms with Gasteiger partial charge in [0.05, 0.1) is 11.8 Å². The second-order valence-corrected chi connectivity index (χ2v) is 9.62. The Morgan fingerprint density at radius 2 is 1.50 bits per heavy atom. The Labute approximate surface area is 176 Å². The van der Waals surface area contributed by atoms with Gasteiger partial charge in [-0.05, 0) is 70.2 Å². The van der Waals surface area contributed by atoms with Crippen LogP contribution in [-0.2, 0) is 17.0 Å². The van der Waals surface area contributed by atoms with Gasteiger partial charge < -0.3 is 10.1 Å². The predicted molar refractivity (Wildman–Crippen MR) is 116 cm³/mol. The van der Waals surface area contributed by atoms with Crippen LogP contribution in [0.5, 0.6) is 0 Å². The summed E-state index contributed by atoms with van der Waals surface area (Å²) < 4.78 is 42.7. The van der Waals surface area contributed by atoms with Crippen LogP contribution < -0.4 is 4.90 Å². The minimum atomic E-state index is -4.49. The van der Waals surface area contributed by atoms with Gasteiger partial charge in [0.1, 0.15) is 0 Å². The zero-order chi connectivity index (χ0) is 22.5. The van der Waals surface area contributed by atoms with E-state index < -0.39 is 11.7 Å². The summed E-state index contributed by atoms with van der Waals surface area (Å²) in [5.74, 6) is 0. The van der Waals surface area contributed by atoms with Gasteiger partial charge in [-0.3, -0.25) is 0 Å². The Bertz CT molecular complexity index is 989. The zero-order valence-electron chi connectivity index (χ0n) is 18.4. The van der Waals surface area contributed by atoms with Gasteiger partial charge in [-0.15, -0.1) is 0 Å². The Kier molecular flexibility index (Phi) is 5.42. The van der Waals surface area contributed by atoms with E-state index in [1.165, 1.54) is 12.3 Å². The van der Waals surface area contributed by atoms with Crippen molar-refractivity contribution in [2.75, 3.05) is 19.0 Å². The van der Waals surface area contributed by atoms with Crippen LogP contribution >= 0.6 is 0 Å². The number of hydrogen-bond donors (Lipinski definition) is 1. The van der Waals surface area contributed by atoms with Crippen molar-refractivity contribution < 1.29 is 18.4 Å². The smallest absolute Gasteiger partial charge is 0.411 e. The summed E-state index contributed by atoms with van der Waals surface area (Å²) in [7, 11) is 3.61. The van der Waals surface area contributed by atoms with Crippen molar-refractivity contribution in [1.29, 1.82) is 0 Å². The molecule has 0 heterocycles. The summed E-state index contributed by atoms with van der Waals surface area (Å²) in [5.41, 5.74) is 2.39. The van der Waals surface area contributed by atoms with Crippen molar-refractivity contribution in [2.24, 2.45) is 5.16 Å². The van der Waals surface area contributed by atoms with Crippen LogP contribution in [0.2, 0.25) is 0 Å². The third-order valence-electron chi connectivity index (χ3n) is 6.30. The maximum Gasteiger partial charge on any atom is 0.417 e. The molecule has 2 aromatic carbocycles. The summed E-state index contributed by atoms with van der Waals surface area (Å²) in [6.45, 7) is 8.23. The van der Waals surface area contributed by atoms with E-state index in [0.29, 0.717) is 16.8 Å². The fourth-order valence-corrected chi connectivity index (χ4v) is 4.38. The van der Waals surface area contributed by atoms with Gasteiger partial charge in [-0.25, -0.2) is 0 Å². The fraction of sp³-hybridized carbons (Fsp3) is 0.458. The maximum atomic E-state index is 14.2. The first-order valence-corrected chi connectivity index (χ1v) is 10.0. The van der Waals surface area contributed by atoms with Crippen LogP contribution in [0.15, 0.2) is 35.5 Å². The minimum absolute atomic E-state index is 0.156. The molecule has 1 N–H and O–H groups in total. The SMILES string of the molecule is CN(C)c1ccc(C=NO)cc1-c1cc2c(cc1C(F)(F)F)C(C)(C)CCC2(C)C. The number of nitrogens with zero attached hydrogens (tertiary/aromatic N) is 2. The number of halogens is 3. The molecule has 3 nitrogen and oxygen atoms in total. The van der Waals surface area contributed by atoms with Crippen LogP contribution in [0.3, 0.4) is 0 Å². The highest BCUT2D eigenvalue weighted by Gasteiger charge is 2.42. The molecule has 0 aromatic heterocycles. The Morgan fingerprint density at radius 3 is 2.00 bits per heavy atom. The lowest BCUT2D eigenvalue weighted by atomic mass is 9.62. The van der Waals surface area contributed by atoms with Crippen molar-refractivity contribution in [1.82, 2.24) is 0 Å². The van der Waals surface area contributed by atoms with E-state index in [0.717, 1.165) is 24.0 Å². The number of alkyl halides is 3. The molecule has 0 atom stereocenters. The minimum Gasteiger partial charge on any atom is -0.411 e. The van der Waals surface area contributed by atoms with E-state index in [2.05, 4.69) is 19.0 Å². The summed E-state index contributed by atoms with van der Waals surface area (Å²) >= 11 is 0. The first kappa shape index (κ1) is 22.2. The lowest BCUT2D eigenvalue weighted by molar-refractivity contribution is -0.137. The molecule has 1 aliphatic rings. The molecule has 0 aliphatic heterocycles. The van der Waals surface area contributed by atoms with Crippen molar-refractivity contribution in [2.45, 2.75) is 57.5 Å². The number of oxime groups is 1. The van der Waals surface area contributed by atoms with Crippen molar-refractivity contribution in [3.63, 3.8) is 0 Å². The Morgan fingerprint density at radius 1 is 0.933 bits per heavy atom. The summed E-state index contributed by atoms with van der Waals surface area (Å²) in [6.07, 6.45) is -1.51. The molecule has 162 valence electrons. The van der Waals surface area contributed by atoms with E-state index in [1.54, 1.807) is 43.3 Å². The summed E-state index contributed by atoms with van der Waals surface area (Å²) in [4.78, 5) is 1.80. The average molecular weight is 419 g/mol. The number of hydrogen-bond acceptors (Lipinski definition) is 3. The summed E-state index contributed by atoms with van der Waals surface area (Å²) in [6, 6.07) is 8.21. The number of fused-ring (bicyclic) bond motifs is 1. The topological polar surface area (TPSA) is 35.8 Å². The molecule has 0 unspecified atom stereocenters. The Balaban J connectivity index is 2.42. The molecule has 30 heavy (non-hydrogen) atoms. The molecular weight excluding hydrogens is 389 g/mol. The average Bonchev–Trinajstić information content (AvgIpc) is 2.64. The third kappa shape index (κ3) is 3.92. The Hall–Kier alpha value is -2.50. The first-order valence-electron chi connectivity index (χ1n) is 10.0. The highest BCUT2D eigenvalue weighted by atomic mass is 19.4. The normalized spacial score (nSPS) is 17.8. The fourth-order valence-electron chi connectivity index (χ4n) is 4.38. The van der Waals surface area contributed by atoms with E-state index >= 15 is 0 Å². The van der Waals surface area contributed by atoms with Crippen LogP contribution in [0, 0.1) is 0 Å². The van der Waals surface area contributed by atoms with Gasteiger partial charge in [0.25, 0.3) is 0 Å². The van der Waals surface area contributed by atoms with Gasteiger partial charge in [0.15, 0.2) is 0 Å². The van der Waals surface area contributed by atoms with Crippen molar-refractivity contribution >= 4 is 11.9 Å². The highest BCUT2D eigenvalue weighted by molar-refractivity contribution is 5.88. The molecule has 0 amide bonds. The van der Waals surface area contributed by atoms with Crippen molar-refractivity contribution in [3.05, 3.63) is 52.6 Å². The monoisotopic (exact) mass is 418 g/mol. The molecular formula is C24H29F3N2O. The lowest BCUT2D eigenvalue weighted by Crippen LogP contribution is -2.34. The highest BCUT2D eigenvalue weighted by Crippen LogP contribution is 2.50. The summed E-state index contributed by atoms with van der Waals surface area (Å²) in [5, 5.41) is 11.9. The number of anilines is 1.